The lowest BCUT2D eigenvalue weighted by Crippen LogP contribution is -2.51. The third-order valence-electron chi connectivity index (χ3n) is 3.50. The van der Waals surface area contributed by atoms with Gasteiger partial charge in [0, 0.05) is 18.1 Å². The molecule has 0 radical (unpaired) electrons. The molecular weight excluding hydrogens is 267 g/mol. The molecule has 20 heavy (non-hydrogen) atoms. The third kappa shape index (κ3) is 5.68. The second-order valence-corrected chi connectivity index (χ2v) is 6.31. The minimum absolute atomic E-state index is 0.0219. The van der Waals surface area contributed by atoms with E-state index >= 15 is 0 Å². The number of hydrogen-bond donors (Lipinski definition) is 1. The van der Waals surface area contributed by atoms with Crippen LogP contribution in [0.1, 0.15) is 47.0 Å². The molecule has 0 spiro atoms. The summed E-state index contributed by atoms with van der Waals surface area (Å²) in [6.07, 6.45) is -2.16. The molecular formula is C14H24F3N3. The fourth-order valence-corrected chi connectivity index (χ4v) is 2.74. The number of alkyl halides is 3. The van der Waals surface area contributed by atoms with Crippen molar-refractivity contribution in [2.24, 2.45) is 0 Å². The van der Waals surface area contributed by atoms with E-state index in [0.29, 0.717) is 6.42 Å². The highest BCUT2D eigenvalue weighted by Gasteiger charge is 2.42. The van der Waals surface area contributed by atoms with Gasteiger partial charge in [-0.05, 0) is 47.0 Å². The van der Waals surface area contributed by atoms with E-state index < -0.39 is 18.3 Å². The van der Waals surface area contributed by atoms with E-state index in [9.17, 15) is 18.4 Å². The van der Waals surface area contributed by atoms with Gasteiger partial charge < -0.3 is 0 Å². The first kappa shape index (κ1) is 17.3. The number of halogens is 3. The molecule has 0 amide bonds. The van der Waals surface area contributed by atoms with Crippen LogP contribution in [0.5, 0.6) is 0 Å². The van der Waals surface area contributed by atoms with Gasteiger partial charge in [-0.25, -0.2) is 0 Å². The fraction of sp³-hybridized carbons (Fsp3) is 0.929. The van der Waals surface area contributed by atoms with E-state index in [2.05, 4.69) is 11.4 Å². The lowest BCUT2D eigenvalue weighted by molar-refractivity contribution is -0.152. The summed E-state index contributed by atoms with van der Waals surface area (Å²) in [5, 5.41) is 12.4. The van der Waals surface area contributed by atoms with Crippen molar-refractivity contribution in [2.45, 2.75) is 76.8 Å². The molecule has 1 saturated carbocycles. The largest absolute Gasteiger partial charge is 0.401 e. The highest BCUT2D eigenvalue weighted by molar-refractivity contribution is 5.07. The van der Waals surface area contributed by atoms with Gasteiger partial charge in [0.25, 0.3) is 0 Å². The van der Waals surface area contributed by atoms with Gasteiger partial charge in [-0.2, -0.15) is 18.4 Å². The Morgan fingerprint density at radius 2 is 1.85 bits per heavy atom. The minimum Gasteiger partial charge on any atom is -0.297 e. The third-order valence-corrected chi connectivity index (χ3v) is 3.50. The number of nitrogens with one attached hydrogen (secondary N) is 1. The van der Waals surface area contributed by atoms with Crippen LogP contribution in [-0.4, -0.2) is 41.3 Å². The van der Waals surface area contributed by atoms with Gasteiger partial charge in [0.15, 0.2) is 0 Å². The molecule has 1 aliphatic carbocycles. The normalized spacial score (nSPS) is 20.8. The van der Waals surface area contributed by atoms with Crippen molar-refractivity contribution in [3.05, 3.63) is 0 Å². The van der Waals surface area contributed by atoms with Crippen LogP contribution >= 0.6 is 0 Å². The van der Waals surface area contributed by atoms with E-state index in [-0.39, 0.29) is 18.1 Å². The Hall–Kier alpha value is -0.800. The SMILES string of the molecule is CC(C)NC(C)(C#N)CC(C)N(CC(F)(F)F)C1CC1. The van der Waals surface area contributed by atoms with Crippen molar-refractivity contribution >= 4 is 0 Å². The second kappa shape index (κ2) is 6.31. The monoisotopic (exact) mass is 291 g/mol. The van der Waals surface area contributed by atoms with E-state index in [0.717, 1.165) is 12.8 Å². The van der Waals surface area contributed by atoms with Crippen LogP contribution in [0.2, 0.25) is 0 Å². The Balaban J connectivity index is 2.70. The maximum Gasteiger partial charge on any atom is 0.401 e. The average Bonchev–Trinajstić information content (AvgIpc) is 3.07. The van der Waals surface area contributed by atoms with Gasteiger partial charge in [-0.3, -0.25) is 10.2 Å². The van der Waals surface area contributed by atoms with Crippen LogP contribution in [-0.2, 0) is 0 Å². The molecule has 1 fully saturated rings. The maximum atomic E-state index is 12.7. The van der Waals surface area contributed by atoms with E-state index in [4.69, 9.17) is 0 Å². The van der Waals surface area contributed by atoms with Gasteiger partial charge in [-0.15, -0.1) is 0 Å². The fourth-order valence-electron chi connectivity index (χ4n) is 2.74. The molecule has 116 valence electrons. The summed E-state index contributed by atoms with van der Waals surface area (Å²) in [4.78, 5) is 1.50. The van der Waals surface area contributed by atoms with Gasteiger partial charge >= 0.3 is 6.18 Å². The van der Waals surface area contributed by atoms with Gasteiger partial charge in [0.05, 0.1) is 12.6 Å². The number of hydrogen-bond acceptors (Lipinski definition) is 3. The molecule has 0 aliphatic heterocycles. The second-order valence-electron chi connectivity index (χ2n) is 6.31. The topological polar surface area (TPSA) is 39.1 Å². The van der Waals surface area contributed by atoms with Crippen molar-refractivity contribution in [1.82, 2.24) is 10.2 Å². The van der Waals surface area contributed by atoms with E-state index in [1.54, 1.807) is 13.8 Å². The number of rotatable bonds is 7. The molecule has 0 heterocycles. The van der Waals surface area contributed by atoms with E-state index in [1.807, 2.05) is 13.8 Å². The standard InChI is InChI=1S/C14H24F3N3/c1-10(2)19-13(4,8-18)7-11(3)20(12-5-6-12)9-14(15,16)17/h10-12,19H,5-7,9H2,1-4H3. The quantitative estimate of drug-likeness (QED) is 0.783. The highest BCUT2D eigenvalue weighted by Crippen LogP contribution is 2.33. The Bertz CT molecular complexity index is 358. The summed E-state index contributed by atoms with van der Waals surface area (Å²) >= 11 is 0. The molecule has 1 rings (SSSR count). The lowest BCUT2D eigenvalue weighted by atomic mass is 9.93. The summed E-state index contributed by atoms with van der Waals surface area (Å²) in [6.45, 7) is 6.50. The Morgan fingerprint density at radius 3 is 2.20 bits per heavy atom. The lowest BCUT2D eigenvalue weighted by Gasteiger charge is -2.35. The van der Waals surface area contributed by atoms with Crippen molar-refractivity contribution in [3.63, 3.8) is 0 Å². The molecule has 2 atom stereocenters. The molecule has 0 aromatic rings. The van der Waals surface area contributed by atoms with Gasteiger partial charge in [0.2, 0.25) is 0 Å². The van der Waals surface area contributed by atoms with Crippen LogP contribution in [0.25, 0.3) is 0 Å². The molecule has 1 aliphatic rings. The minimum atomic E-state index is -4.19. The smallest absolute Gasteiger partial charge is 0.297 e. The first-order chi connectivity index (χ1) is 9.06. The molecule has 1 N–H and O–H groups in total. The van der Waals surface area contributed by atoms with Crippen molar-refractivity contribution in [1.29, 1.82) is 5.26 Å². The summed E-state index contributed by atoms with van der Waals surface area (Å²) in [6, 6.07) is 2.06. The Morgan fingerprint density at radius 1 is 1.30 bits per heavy atom. The molecule has 0 aromatic heterocycles. The zero-order valence-electron chi connectivity index (χ0n) is 12.6. The summed E-state index contributed by atoms with van der Waals surface area (Å²) in [7, 11) is 0. The first-order valence-electron chi connectivity index (χ1n) is 7.08. The molecule has 2 unspecified atom stereocenters. The van der Waals surface area contributed by atoms with Gasteiger partial charge in [-0.1, -0.05) is 0 Å². The van der Waals surface area contributed by atoms with Crippen LogP contribution in [0.4, 0.5) is 13.2 Å². The molecule has 0 saturated heterocycles. The van der Waals surface area contributed by atoms with Crippen LogP contribution in [0.15, 0.2) is 0 Å². The zero-order valence-corrected chi connectivity index (χ0v) is 12.6. The van der Waals surface area contributed by atoms with Crippen molar-refractivity contribution in [3.8, 4) is 6.07 Å². The molecule has 3 nitrogen and oxygen atoms in total. The summed E-state index contributed by atoms with van der Waals surface area (Å²) < 4.78 is 38.0. The summed E-state index contributed by atoms with van der Waals surface area (Å²) in [5.41, 5.74) is -0.799. The predicted octanol–water partition coefficient (Wildman–Crippen LogP) is 3.07. The Labute approximate surface area is 119 Å². The predicted molar refractivity (Wildman–Crippen MR) is 72.2 cm³/mol. The van der Waals surface area contributed by atoms with Crippen molar-refractivity contribution < 1.29 is 13.2 Å². The molecule has 6 heteroatoms. The first-order valence-corrected chi connectivity index (χ1v) is 7.08. The molecule has 0 aromatic carbocycles. The van der Waals surface area contributed by atoms with Crippen LogP contribution in [0.3, 0.4) is 0 Å². The average molecular weight is 291 g/mol. The molecule has 0 bridgehead atoms. The maximum absolute atomic E-state index is 12.7. The van der Waals surface area contributed by atoms with Crippen LogP contribution < -0.4 is 5.32 Å². The zero-order chi connectivity index (χ0) is 15.6. The number of nitriles is 1. The number of nitrogens with zero attached hydrogens (tertiary/aromatic N) is 2. The van der Waals surface area contributed by atoms with Gasteiger partial charge in [0.1, 0.15) is 5.54 Å². The van der Waals surface area contributed by atoms with Crippen molar-refractivity contribution in [2.75, 3.05) is 6.54 Å². The summed E-state index contributed by atoms with van der Waals surface area (Å²) in [5.74, 6) is 0. The Kier molecular flexibility index (Phi) is 5.45. The highest BCUT2D eigenvalue weighted by atomic mass is 19.4. The van der Waals surface area contributed by atoms with Crippen LogP contribution in [0, 0.1) is 11.3 Å². The van der Waals surface area contributed by atoms with E-state index in [1.165, 1.54) is 4.90 Å².